The second-order valence-electron chi connectivity index (χ2n) is 4.50. The Bertz CT molecular complexity index is 698. The van der Waals surface area contributed by atoms with Crippen molar-refractivity contribution in [1.29, 1.82) is 0 Å². The summed E-state index contributed by atoms with van der Waals surface area (Å²) in [5.41, 5.74) is 1.63. The first-order valence-corrected chi connectivity index (χ1v) is 6.34. The van der Waals surface area contributed by atoms with E-state index in [0.717, 1.165) is 16.0 Å². The lowest BCUT2D eigenvalue weighted by atomic mass is 10.0. The Labute approximate surface area is 113 Å². The molecule has 0 nitrogen and oxygen atoms in total. The van der Waals surface area contributed by atoms with E-state index in [1.807, 2.05) is 74.6 Å². The number of hydrogen-bond acceptors (Lipinski definition) is 0. The molecule has 0 aromatic heterocycles. The van der Waals surface area contributed by atoms with Crippen LogP contribution in [0.1, 0.15) is 11.1 Å². The van der Waals surface area contributed by atoms with Crippen molar-refractivity contribution in [3.63, 3.8) is 0 Å². The monoisotopic (exact) mass is 252 g/mol. The maximum absolute atomic E-state index is 13.8. The van der Waals surface area contributed by atoms with Gasteiger partial charge in [0, 0.05) is 0 Å². The molecule has 0 unspecified atom stereocenters. The molecule has 2 rings (SSSR count). The van der Waals surface area contributed by atoms with Gasteiger partial charge in [-0.2, -0.15) is 0 Å². The zero-order chi connectivity index (χ0) is 13.7. The fourth-order valence-corrected chi connectivity index (χ4v) is 2.04. The van der Waals surface area contributed by atoms with Crippen LogP contribution in [0.4, 0.5) is 4.39 Å². The molecule has 19 heavy (non-hydrogen) atoms. The van der Waals surface area contributed by atoms with Gasteiger partial charge in [0.2, 0.25) is 0 Å². The standard InChI is InChI=1S/C18H17F/c1-14-13-18(19)15(2)17-12-10-8-6-4-3-5-7-9-11-16(14)17/h3-13H,1-2H3/b4-3?,5-3-,6-4-,7-5?,8-6?,9-7-,10-8-,11-9?,12-10?,16-11-,17-12-. The summed E-state index contributed by atoms with van der Waals surface area (Å²) in [6.45, 7) is 3.75. The van der Waals surface area contributed by atoms with E-state index >= 15 is 0 Å². The van der Waals surface area contributed by atoms with Crippen molar-refractivity contribution in [2.75, 3.05) is 0 Å². The van der Waals surface area contributed by atoms with Crippen LogP contribution >= 0.6 is 0 Å². The molecule has 1 aliphatic rings. The van der Waals surface area contributed by atoms with Gasteiger partial charge in [-0.05, 0) is 41.5 Å². The first-order chi connectivity index (χ1) is 9.20. The van der Waals surface area contributed by atoms with Crippen LogP contribution in [0.2, 0.25) is 0 Å². The number of rotatable bonds is 0. The van der Waals surface area contributed by atoms with Crippen molar-refractivity contribution in [1.82, 2.24) is 0 Å². The molecular weight excluding hydrogens is 235 g/mol. The van der Waals surface area contributed by atoms with Gasteiger partial charge in [0.05, 0.1) is 0 Å². The number of hydrogen-bond donors (Lipinski definition) is 0. The minimum Gasteiger partial charge on any atom is -0.207 e. The van der Waals surface area contributed by atoms with E-state index < -0.39 is 0 Å². The molecule has 0 heterocycles. The van der Waals surface area contributed by atoms with E-state index in [0.29, 0.717) is 5.56 Å². The van der Waals surface area contributed by atoms with Gasteiger partial charge in [0.25, 0.3) is 0 Å². The van der Waals surface area contributed by atoms with E-state index in [1.54, 1.807) is 6.07 Å². The minimum absolute atomic E-state index is 0.152. The summed E-state index contributed by atoms with van der Waals surface area (Å²) in [4.78, 5) is 0. The van der Waals surface area contributed by atoms with Crippen molar-refractivity contribution in [3.8, 4) is 0 Å². The van der Waals surface area contributed by atoms with E-state index in [4.69, 9.17) is 0 Å². The quantitative estimate of drug-likeness (QED) is 0.665. The van der Waals surface area contributed by atoms with Crippen molar-refractivity contribution in [3.05, 3.63) is 82.1 Å². The Morgan fingerprint density at radius 3 is 1.74 bits per heavy atom. The fourth-order valence-electron chi connectivity index (χ4n) is 2.04. The summed E-state index contributed by atoms with van der Waals surface area (Å²) >= 11 is 0. The van der Waals surface area contributed by atoms with E-state index in [9.17, 15) is 4.39 Å². The molecule has 0 amide bonds. The molecule has 0 spiro atoms. The van der Waals surface area contributed by atoms with Crippen LogP contribution in [-0.2, 0) is 0 Å². The maximum Gasteiger partial charge on any atom is 0.127 e. The molecule has 0 saturated carbocycles. The first-order valence-electron chi connectivity index (χ1n) is 6.34. The van der Waals surface area contributed by atoms with E-state index in [2.05, 4.69) is 0 Å². The first kappa shape index (κ1) is 13.3. The van der Waals surface area contributed by atoms with Gasteiger partial charge >= 0.3 is 0 Å². The number of halogens is 1. The molecule has 0 bridgehead atoms. The normalized spacial score (nSPS) is 24.4. The van der Waals surface area contributed by atoms with Crippen LogP contribution in [0.15, 0.2) is 54.7 Å². The zero-order valence-corrected chi connectivity index (χ0v) is 11.2. The summed E-state index contributed by atoms with van der Waals surface area (Å²) in [6, 6.07) is 1.59. The predicted molar refractivity (Wildman–Crippen MR) is 80.6 cm³/mol. The van der Waals surface area contributed by atoms with Gasteiger partial charge < -0.3 is 0 Å². The Balaban J connectivity index is 2.80. The third kappa shape index (κ3) is 3.19. The molecule has 1 heteroatoms. The topological polar surface area (TPSA) is 0 Å². The van der Waals surface area contributed by atoms with Crippen LogP contribution < -0.4 is 10.4 Å². The van der Waals surface area contributed by atoms with Gasteiger partial charge in [-0.3, -0.25) is 0 Å². The molecule has 0 aliphatic heterocycles. The highest BCUT2D eigenvalue weighted by Crippen LogP contribution is 2.00. The molecular formula is C18H17F. The lowest BCUT2D eigenvalue weighted by Crippen LogP contribution is -2.30. The molecule has 0 N–H and O–H groups in total. The molecule has 0 radical (unpaired) electrons. The highest BCUT2D eigenvalue weighted by molar-refractivity contribution is 5.49. The van der Waals surface area contributed by atoms with E-state index in [-0.39, 0.29) is 5.82 Å². The van der Waals surface area contributed by atoms with Gasteiger partial charge in [-0.25, -0.2) is 4.39 Å². The smallest absolute Gasteiger partial charge is 0.127 e. The Morgan fingerprint density at radius 2 is 1.16 bits per heavy atom. The SMILES string of the molecule is Cc1cc(F)c(C)c2/c1=C\C=C/C=C\C=C/C=C\C=2. The summed E-state index contributed by atoms with van der Waals surface area (Å²) in [5, 5.41) is 2.01. The Hall–Kier alpha value is -2.15. The van der Waals surface area contributed by atoms with Crippen molar-refractivity contribution >= 4 is 12.2 Å². The lowest BCUT2D eigenvalue weighted by molar-refractivity contribution is 0.615. The summed E-state index contributed by atoms with van der Waals surface area (Å²) < 4.78 is 13.8. The summed E-state index contributed by atoms with van der Waals surface area (Å²) in [5.74, 6) is -0.152. The van der Waals surface area contributed by atoms with Crippen LogP contribution in [0.3, 0.4) is 0 Å². The highest BCUT2D eigenvalue weighted by Gasteiger charge is 2.02. The Morgan fingerprint density at radius 1 is 0.684 bits per heavy atom. The third-order valence-corrected chi connectivity index (χ3v) is 3.12. The fraction of sp³-hybridized carbons (Fsp3) is 0.111. The molecule has 0 saturated heterocycles. The van der Waals surface area contributed by atoms with Crippen LogP contribution in [0.5, 0.6) is 0 Å². The summed E-state index contributed by atoms with van der Waals surface area (Å²) in [6.07, 6.45) is 19.7. The van der Waals surface area contributed by atoms with Gasteiger partial charge in [-0.1, -0.05) is 60.8 Å². The number of fused-ring (bicyclic) bond motifs is 1. The lowest BCUT2D eigenvalue weighted by Gasteiger charge is -2.02. The number of aryl methyl sites for hydroxylation is 1. The number of allylic oxidation sites excluding steroid dienone is 8. The molecule has 96 valence electrons. The zero-order valence-electron chi connectivity index (χ0n) is 11.2. The molecule has 1 aliphatic carbocycles. The highest BCUT2D eigenvalue weighted by atomic mass is 19.1. The second-order valence-corrected chi connectivity index (χ2v) is 4.50. The van der Waals surface area contributed by atoms with Crippen LogP contribution in [0.25, 0.3) is 12.2 Å². The van der Waals surface area contributed by atoms with E-state index in [1.165, 1.54) is 0 Å². The molecule has 1 aromatic rings. The van der Waals surface area contributed by atoms with Crippen molar-refractivity contribution in [2.45, 2.75) is 13.8 Å². The third-order valence-electron chi connectivity index (χ3n) is 3.12. The maximum atomic E-state index is 13.8. The molecule has 0 atom stereocenters. The van der Waals surface area contributed by atoms with Crippen LogP contribution in [0, 0.1) is 19.7 Å². The average Bonchev–Trinajstić information content (AvgIpc) is 2.37. The van der Waals surface area contributed by atoms with Crippen LogP contribution in [-0.4, -0.2) is 0 Å². The van der Waals surface area contributed by atoms with Gasteiger partial charge in [-0.15, -0.1) is 0 Å². The Kier molecular flexibility index (Phi) is 4.30. The minimum atomic E-state index is -0.152. The van der Waals surface area contributed by atoms with Crippen molar-refractivity contribution in [2.24, 2.45) is 0 Å². The van der Waals surface area contributed by atoms with Gasteiger partial charge in [0.1, 0.15) is 5.82 Å². The second kappa shape index (κ2) is 6.14. The van der Waals surface area contributed by atoms with Gasteiger partial charge in [0.15, 0.2) is 0 Å². The predicted octanol–water partition coefficient (Wildman–Crippen LogP) is 3.24. The average molecular weight is 252 g/mol. The summed E-state index contributed by atoms with van der Waals surface area (Å²) in [7, 11) is 0. The van der Waals surface area contributed by atoms with Crippen molar-refractivity contribution < 1.29 is 4.39 Å². The molecule has 1 aromatic carbocycles. The number of benzene rings is 1. The molecule has 0 fully saturated rings. The largest absolute Gasteiger partial charge is 0.207 e.